The summed E-state index contributed by atoms with van der Waals surface area (Å²) in [4.78, 5) is 23.6. The number of carbonyl (C=O) groups excluding carboxylic acids is 1. The Morgan fingerprint density at radius 3 is 2.87 bits per heavy atom. The molecular weight excluding hydrogens is 408 g/mol. The van der Waals surface area contributed by atoms with E-state index in [4.69, 9.17) is 4.42 Å². The number of aromatic amines is 1. The molecular formula is C19H24N6O4S. The molecule has 10 nitrogen and oxygen atoms in total. The number of nitrogens with zero attached hydrogens (tertiary/aromatic N) is 2. The van der Waals surface area contributed by atoms with Crippen LogP contribution in [0.15, 0.2) is 29.1 Å². The van der Waals surface area contributed by atoms with Crippen molar-refractivity contribution in [2.75, 3.05) is 18.1 Å². The lowest BCUT2D eigenvalue weighted by molar-refractivity contribution is 0.0958. The summed E-state index contributed by atoms with van der Waals surface area (Å²) in [6.45, 7) is 1.84. The number of aromatic nitrogens is 3. The third-order valence-electron chi connectivity index (χ3n) is 5.09. The van der Waals surface area contributed by atoms with Crippen molar-refractivity contribution in [1.29, 1.82) is 0 Å². The Morgan fingerprint density at radius 1 is 1.33 bits per heavy atom. The third-order valence-corrected chi connectivity index (χ3v) is 6.72. The first-order valence-corrected chi connectivity index (χ1v) is 11.5. The van der Waals surface area contributed by atoms with Crippen molar-refractivity contribution in [2.45, 2.75) is 38.3 Å². The highest BCUT2D eigenvalue weighted by Gasteiger charge is 2.33. The summed E-state index contributed by atoms with van der Waals surface area (Å²) < 4.78 is 32.2. The molecule has 0 bridgehead atoms. The first-order chi connectivity index (χ1) is 14.4. The van der Waals surface area contributed by atoms with Crippen molar-refractivity contribution in [3.05, 3.63) is 30.4 Å². The van der Waals surface area contributed by atoms with Crippen LogP contribution in [-0.4, -0.2) is 54.2 Å². The second-order valence-electron chi connectivity index (χ2n) is 7.35. The zero-order valence-corrected chi connectivity index (χ0v) is 17.5. The zero-order valence-electron chi connectivity index (χ0n) is 16.7. The summed E-state index contributed by atoms with van der Waals surface area (Å²) in [5.74, 6) is 0.0837. The van der Waals surface area contributed by atoms with E-state index in [9.17, 15) is 13.2 Å². The number of rotatable bonds is 8. The molecule has 0 radical (unpaired) electrons. The first kappa shape index (κ1) is 20.4. The average molecular weight is 433 g/mol. The van der Waals surface area contributed by atoms with Crippen LogP contribution >= 0.6 is 0 Å². The van der Waals surface area contributed by atoms with Crippen LogP contribution in [0.25, 0.3) is 22.5 Å². The van der Waals surface area contributed by atoms with E-state index < -0.39 is 10.0 Å². The summed E-state index contributed by atoms with van der Waals surface area (Å²) in [7, 11) is -1.70. The molecule has 1 amide bonds. The van der Waals surface area contributed by atoms with Gasteiger partial charge in [0, 0.05) is 36.9 Å². The zero-order chi connectivity index (χ0) is 21.3. The van der Waals surface area contributed by atoms with Crippen LogP contribution in [0.3, 0.4) is 0 Å². The Hall–Kier alpha value is -2.92. The van der Waals surface area contributed by atoms with Crippen molar-refractivity contribution in [3.8, 4) is 11.5 Å². The van der Waals surface area contributed by atoms with Crippen molar-refractivity contribution in [1.82, 2.24) is 25.0 Å². The Kier molecular flexibility index (Phi) is 5.48. The summed E-state index contributed by atoms with van der Waals surface area (Å²) in [6, 6.07) is 1.91. The number of hydrogen-bond donors (Lipinski definition) is 4. The minimum atomic E-state index is -3.23. The molecule has 30 heavy (non-hydrogen) atoms. The highest BCUT2D eigenvalue weighted by molar-refractivity contribution is 7.89. The number of carbonyl (C=O) groups is 1. The first-order valence-electron chi connectivity index (χ1n) is 9.80. The van der Waals surface area contributed by atoms with Gasteiger partial charge in [-0.25, -0.2) is 23.1 Å². The highest BCUT2D eigenvalue weighted by atomic mass is 32.2. The number of pyridine rings is 1. The molecule has 4 rings (SSSR count). The number of anilines is 1. The number of H-pyrrole nitrogens is 1. The van der Waals surface area contributed by atoms with Crippen LogP contribution in [0.5, 0.6) is 0 Å². The smallest absolute Gasteiger partial charge is 0.272 e. The van der Waals surface area contributed by atoms with E-state index in [2.05, 4.69) is 30.3 Å². The largest absolute Gasteiger partial charge is 0.443 e. The van der Waals surface area contributed by atoms with Crippen LogP contribution in [0.2, 0.25) is 0 Å². The van der Waals surface area contributed by atoms with Gasteiger partial charge in [-0.05, 0) is 25.3 Å². The van der Waals surface area contributed by atoms with Gasteiger partial charge in [-0.15, -0.1) is 0 Å². The molecule has 0 unspecified atom stereocenters. The second-order valence-corrected chi connectivity index (χ2v) is 9.22. The lowest BCUT2D eigenvalue weighted by Gasteiger charge is -2.37. The average Bonchev–Trinajstić information content (AvgIpc) is 3.35. The monoisotopic (exact) mass is 432 g/mol. The van der Waals surface area contributed by atoms with Gasteiger partial charge in [0.2, 0.25) is 15.9 Å². The molecule has 1 saturated carbocycles. The van der Waals surface area contributed by atoms with Gasteiger partial charge in [-0.1, -0.05) is 6.92 Å². The number of amides is 1. The Morgan fingerprint density at radius 2 is 2.13 bits per heavy atom. The minimum Gasteiger partial charge on any atom is -0.443 e. The number of oxazole rings is 1. The van der Waals surface area contributed by atoms with E-state index in [0.29, 0.717) is 30.5 Å². The fourth-order valence-electron chi connectivity index (χ4n) is 3.57. The fourth-order valence-corrected chi connectivity index (χ4v) is 4.93. The number of fused-ring (bicyclic) bond motifs is 1. The molecule has 1 aliphatic rings. The maximum atomic E-state index is 12.0. The van der Waals surface area contributed by atoms with Gasteiger partial charge in [0.05, 0.1) is 17.0 Å². The van der Waals surface area contributed by atoms with E-state index in [1.165, 1.54) is 13.3 Å². The van der Waals surface area contributed by atoms with Gasteiger partial charge in [0.15, 0.2) is 5.69 Å². The quantitative estimate of drug-likeness (QED) is 0.425. The van der Waals surface area contributed by atoms with Crippen LogP contribution < -0.4 is 15.4 Å². The summed E-state index contributed by atoms with van der Waals surface area (Å²) in [5.41, 5.74) is 2.30. The van der Waals surface area contributed by atoms with Gasteiger partial charge < -0.3 is 20.0 Å². The molecule has 0 saturated heterocycles. The van der Waals surface area contributed by atoms with E-state index in [1.54, 1.807) is 12.4 Å². The lowest BCUT2D eigenvalue weighted by atomic mass is 9.87. The fraction of sp³-hybridized carbons (Fsp3) is 0.421. The Labute approximate surface area is 173 Å². The van der Waals surface area contributed by atoms with Gasteiger partial charge >= 0.3 is 0 Å². The molecule has 3 aromatic rings. The SMILES string of the molecule is CCCS(=O)(=O)N[C@H]1C[C@@H](Nc2c(-c3nc(C(=O)NC)co3)cnc3[nH]ccc23)C1. The Bertz CT molecular complexity index is 1160. The molecule has 11 heteroatoms. The second kappa shape index (κ2) is 8.07. The summed E-state index contributed by atoms with van der Waals surface area (Å²) in [6.07, 6.45) is 6.67. The maximum Gasteiger partial charge on any atom is 0.272 e. The summed E-state index contributed by atoms with van der Waals surface area (Å²) in [5, 5.41) is 6.86. The number of nitrogens with one attached hydrogen (secondary N) is 4. The molecule has 0 aliphatic heterocycles. The molecule has 0 aromatic carbocycles. The van der Waals surface area contributed by atoms with E-state index in [-0.39, 0.29) is 35.3 Å². The molecule has 1 fully saturated rings. The van der Waals surface area contributed by atoms with E-state index in [0.717, 1.165) is 11.1 Å². The third kappa shape index (κ3) is 4.03. The predicted molar refractivity (Wildman–Crippen MR) is 113 cm³/mol. The lowest BCUT2D eigenvalue weighted by Crippen LogP contribution is -2.50. The molecule has 3 aromatic heterocycles. The molecule has 0 spiro atoms. The van der Waals surface area contributed by atoms with Gasteiger partial charge in [0.1, 0.15) is 11.9 Å². The number of sulfonamides is 1. The van der Waals surface area contributed by atoms with Crippen LogP contribution in [0.1, 0.15) is 36.7 Å². The van der Waals surface area contributed by atoms with Crippen molar-refractivity contribution >= 4 is 32.7 Å². The molecule has 160 valence electrons. The van der Waals surface area contributed by atoms with Gasteiger partial charge in [-0.3, -0.25) is 4.79 Å². The maximum absolute atomic E-state index is 12.0. The highest BCUT2D eigenvalue weighted by Crippen LogP contribution is 2.36. The predicted octanol–water partition coefficient (Wildman–Crippen LogP) is 1.85. The molecule has 0 atom stereocenters. The van der Waals surface area contributed by atoms with Gasteiger partial charge in [0.25, 0.3) is 5.91 Å². The van der Waals surface area contributed by atoms with Crippen molar-refractivity contribution in [2.24, 2.45) is 0 Å². The van der Waals surface area contributed by atoms with E-state index >= 15 is 0 Å². The molecule has 1 aliphatic carbocycles. The standard InChI is InChI=1S/C19H24N6O4S/c1-3-6-30(27,28)25-12-7-11(8-12)23-16-13-4-5-21-17(13)22-9-14(16)19-24-15(10-29-19)18(26)20-2/h4-5,9-12,25H,3,6-8H2,1-2H3,(H,20,26)(H2,21,22,23)/t11-,12+. The topological polar surface area (TPSA) is 142 Å². The van der Waals surface area contributed by atoms with E-state index in [1.807, 2.05) is 13.0 Å². The van der Waals surface area contributed by atoms with Gasteiger partial charge in [-0.2, -0.15) is 0 Å². The van der Waals surface area contributed by atoms with Crippen LogP contribution in [0.4, 0.5) is 5.69 Å². The summed E-state index contributed by atoms with van der Waals surface area (Å²) >= 11 is 0. The van der Waals surface area contributed by atoms with Crippen LogP contribution in [0, 0.1) is 0 Å². The van der Waals surface area contributed by atoms with Crippen molar-refractivity contribution in [3.63, 3.8) is 0 Å². The normalized spacial score (nSPS) is 18.9. The van der Waals surface area contributed by atoms with Crippen LogP contribution in [-0.2, 0) is 10.0 Å². The Balaban J connectivity index is 1.55. The minimum absolute atomic E-state index is 0.0763. The molecule has 3 heterocycles. The van der Waals surface area contributed by atoms with Crippen molar-refractivity contribution < 1.29 is 17.6 Å². The number of hydrogen-bond acceptors (Lipinski definition) is 7. The molecule has 4 N–H and O–H groups in total.